The second-order valence-corrected chi connectivity index (χ2v) is 24.8. The van der Waals surface area contributed by atoms with Crippen LogP contribution in [-0.2, 0) is 85.8 Å². The SMILES string of the molecule is C=C(C)C(=O)O.C=C(C)C(=O)OC1(C)CCCC1.C=C(C)C(=O)OC1(C)CCCCC1.C=C(C)C(=O)OC1(CC)CCCC1.C=C(C)C(=O)OC1CC(C)(C)OC1=O.C=CC(=O)OC1(CC)CCCCC1.C=CC(=O)OC1C2CC3C(=O)OC1C3O2. The molecule has 0 amide bonds. The number of carboxylic acids is 1. The first-order valence-electron chi connectivity index (χ1n) is 30.2. The van der Waals surface area contributed by atoms with Crippen LogP contribution in [0.2, 0.25) is 0 Å². The second kappa shape index (κ2) is 34.6. The molecule has 4 saturated carbocycles. The van der Waals surface area contributed by atoms with Gasteiger partial charge in [0.1, 0.15) is 34.1 Å². The summed E-state index contributed by atoms with van der Waals surface area (Å²) in [4.78, 5) is 99.3. The van der Waals surface area contributed by atoms with Gasteiger partial charge in [-0.1, -0.05) is 72.7 Å². The molecular formula is C67H100O19. The van der Waals surface area contributed by atoms with Crippen molar-refractivity contribution in [2.75, 3.05) is 0 Å². The van der Waals surface area contributed by atoms with E-state index in [4.69, 9.17) is 47.7 Å². The van der Waals surface area contributed by atoms with E-state index >= 15 is 0 Å². The summed E-state index contributed by atoms with van der Waals surface area (Å²) in [5.41, 5.74) is 0.605. The zero-order chi connectivity index (χ0) is 65.4. The first-order valence-corrected chi connectivity index (χ1v) is 30.2. The van der Waals surface area contributed by atoms with E-state index in [-0.39, 0.29) is 81.5 Å². The van der Waals surface area contributed by atoms with Crippen molar-refractivity contribution in [3.63, 3.8) is 0 Å². The lowest BCUT2D eigenvalue weighted by atomic mass is 9.83. The van der Waals surface area contributed by atoms with Crippen molar-refractivity contribution in [2.45, 2.75) is 276 Å². The number of fused-ring (bicyclic) bond motifs is 1. The molecule has 8 fully saturated rings. The number of rotatable bonds is 15. The Bertz CT molecular complexity index is 2460. The summed E-state index contributed by atoms with van der Waals surface area (Å²) in [6.45, 7) is 43.8. The number of hydrogen-bond acceptors (Lipinski definition) is 18. The van der Waals surface area contributed by atoms with Crippen LogP contribution in [0.25, 0.3) is 0 Å². The van der Waals surface area contributed by atoms with Crippen molar-refractivity contribution in [3.8, 4) is 0 Å². The van der Waals surface area contributed by atoms with Crippen LogP contribution in [0.1, 0.15) is 217 Å². The normalized spacial score (nSPS) is 24.5. The van der Waals surface area contributed by atoms with Crippen molar-refractivity contribution < 1.29 is 90.9 Å². The molecule has 0 aromatic heterocycles. The molecule has 0 aromatic rings. The molecule has 4 aliphatic carbocycles. The second-order valence-electron chi connectivity index (χ2n) is 24.8. The molecule has 8 rings (SSSR count). The van der Waals surface area contributed by atoms with Crippen molar-refractivity contribution in [1.82, 2.24) is 0 Å². The summed E-state index contributed by atoms with van der Waals surface area (Å²) in [5, 5.41) is 7.89. The maximum atomic E-state index is 11.3. The molecule has 6 atom stereocenters. The van der Waals surface area contributed by atoms with Gasteiger partial charge in [0, 0.05) is 46.4 Å². The van der Waals surface area contributed by atoms with Gasteiger partial charge < -0.3 is 47.7 Å². The largest absolute Gasteiger partial charge is 0.478 e. The average molecular weight is 1210 g/mol. The Labute approximate surface area is 510 Å². The number of cyclic esters (lactones) is 1. The number of ether oxygens (including phenoxy) is 9. The highest BCUT2D eigenvalue weighted by atomic mass is 16.7. The Morgan fingerprint density at radius 2 is 0.907 bits per heavy atom. The monoisotopic (exact) mass is 1210 g/mol. The molecule has 2 bridgehead atoms. The van der Waals surface area contributed by atoms with Crippen LogP contribution in [0.15, 0.2) is 86.1 Å². The number of aliphatic carboxylic acids is 1. The molecular weight excluding hydrogens is 1110 g/mol. The summed E-state index contributed by atoms with van der Waals surface area (Å²) in [5.74, 6) is -3.86. The zero-order valence-corrected chi connectivity index (χ0v) is 53.4. The smallest absolute Gasteiger partial charge is 0.348 e. The lowest BCUT2D eigenvalue weighted by Gasteiger charge is -2.35. The van der Waals surface area contributed by atoms with Crippen LogP contribution in [0.4, 0.5) is 0 Å². The van der Waals surface area contributed by atoms with Crippen LogP contribution in [0, 0.1) is 5.92 Å². The maximum absolute atomic E-state index is 11.3. The van der Waals surface area contributed by atoms with Gasteiger partial charge in [-0.2, -0.15) is 0 Å². The highest BCUT2D eigenvalue weighted by molar-refractivity contribution is 5.90. The fourth-order valence-corrected chi connectivity index (χ4v) is 10.9. The number of hydrogen-bond donors (Lipinski definition) is 1. The van der Waals surface area contributed by atoms with Gasteiger partial charge in [-0.3, -0.25) is 4.79 Å². The third-order valence-corrected chi connectivity index (χ3v) is 16.1. The molecule has 4 saturated heterocycles. The lowest BCUT2D eigenvalue weighted by Crippen LogP contribution is -2.39. The van der Waals surface area contributed by atoms with Crippen molar-refractivity contribution in [3.05, 3.63) is 86.1 Å². The summed E-state index contributed by atoms with van der Waals surface area (Å²) >= 11 is 0. The molecule has 4 aliphatic heterocycles. The van der Waals surface area contributed by atoms with Gasteiger partial charge in [0.25, 0.3) is 0 Å². The number of carboxylic acid groups (broad SMARTS) is 1. The van der Waals surface area contributed by atoms with Gasteiger partial charge in [0.05, 0.1) is 12.0 Å². The van der Waals surface area contributed by atoms with Crippen LogP contribution >= 0.6 is 0 Å². The van der Waals surface area contributed by atoms with Crippen molar-refractivity contribution >= 4 is 53.7 Å². The van der Waals surface area contributed by atoms with Crippen molar-refractivity contribution in [2.24, 2.45) is 5.92 Å². The van der Waals surface area contributed by atoms with Crippen LogP contribution in [0.3, 0.4) is 0 Å². The highest BCUT2D eigenvalue weighted by Crippen LogP contribution is 2.47. The van der Waals surface area contributed by atoms with Crippen LogP contribution < -0.4 is 0 Å². The van der Waals surface area contributed by atoms with Crippen LogP contribution in [-0.4, -0.2) is 117 Å². The van der Waals surface area contributed by atoms with E-state index in [1.54, 1.807) is 34.6 Å². The van der Waals surface area contributed by atoms with Crippen LogP contribution in [0.5, 0.6) is 0 Å². The van der Waals surface area contributed by atoms with E-state index in [0.717, 1.165) is 70.3 Å². The Morgan fingerprint density at radius 1 is 0.523 bits per heavy atom. The summed E-state index contributed by atoms with van der Waals surface area (Å²) in [6.07, 6.45) is 23.1. The maximum Gasteiger partial charge on any atom is 0.348 e. The predicted octanol–water partition coefficient (Wildman–Crippen LogP) is 12.6. The summed E-state index contributed by atoms with van der Waals surface area (Å²) in [6, 6.07) is 0. The molecule has 4 heterocycles. The third kappa shape index (κ3) is 24.6. The zero-order valence-electron chi connectivity index (χ0n) is 53.4. The van der Waals surface area contributed by atoms with Gasteiger partial charge in [0.2, 0.25) is 6.10 Å². The average Bonchev–Trinajstić information content (AvgIpc) is 3.36. The molecule has 8 aliphatic rings. The number of esters is 8. The third-order valence-electron chi connectivity index (χ3n) is 16.1. The Balaban J connectivity index is 0.000000346. The first-order chi connectivity index (χ1) is 40.0. The molecule has 19 heteroatoms. The molecule has 0 spiro atoms. The minimum absolute atomic E-state index is 0.154. The topological polar surface area (TPSA) is 257 Å². The minimum Gasteiger partial charge on any atom is -0.478 e. The van der Waals surface area contributed by atoms with Gasteiger partial charge >= 0.3 is 53.7 Å². The minimum atomic E-state index is -0.935. The predicted molar refractivity (Wildman–Crippen MR) is 324 cm³/mol. The van der Waals surface area contributed by atoms with E-state index in [2.05, 4.69) is 59.9 Å². The van der Waals surface area contributed by atoms with E-state index in [1.165, 1.54) is 84.1 Å². The molecule has 0 radical (unpaired) electrons. The quantitative estimate of drug-likeness (QED) is 0.0908. The number of carbonyl (C=O) groups excluding carboxylic acids is 8. The fraction of sp³-hybridized carbons (Fsp3) is 0.657. The lowest BCUT2D eigenvalue weighted by molar-refractivity contribution is -0.160. The van der Waals surface area contributed by atoms with Crippen molar-refractivity contribution in [1.29, 1.82) is 0 Å². The van der Waals surface area contributed by atoms with Gasteiger partial charge in [0.15, 0.2) is 12.2 Å². The molecule has 19 nitrogen and oxygen atoms in total. The summed E-state index contributed by atoms with van der Waals surface area (Å²) < 4.78 is 47.3. The van der Waals surface area contributed by atoms with Gasteiger partial charge in [-0.25, -0.2) is 38.4 Å². The Hall–Kier alpha value is -6.63. The fourth-order valence-electron chi connectivity index (χ4n) is 10.9. The summed E-state index contributed by atoms with van der Waals surface area (Å²) in [7, 11) is 0. The number of carbonyl (C=O) groups is 9. The molecule has 482 valence electrons. The molecule has 1 N–H and O–H groups in total. The first kappa shape index (κ1) is 75.5. The van der Waals surface area contributed by atoms with Gasteiger partial charge in [-0.05, 0) is 184 Å². The Kier molecular flexibility index (Phi) is 30.4. The molecule has 86 heavy (non-hydrogen) atoms. The van der Waals surface area contributed by atoms with E-state index < -0.39 is 47.8 Å². The Morgan fingerprint density at radius 3 is 1.28 bits per heavy atom. The molecule has 0 aromatic carbocycles. The van der Waals surface area contributed by atoms with E-state index in [9.17, 15) is 43.2 Å². The highest BCUT2D eigenvalue weighted by Gasteiger charge is 2.65. The van der Waals surface area contributed by atoms with E-state index in [1.807, 2.05) is 13.8 Å². The van der Waals surface area contributed by atoms with E-state index in [0.29, 0.717) is 29.6 Å². The molecule has 6 unspecified atom stereocenters. The standard InChI is InChI=1S/3C11H18O2.C10H10O5.C10H14O4.C10H16O2.C4H6O2/c1-9(2)10(12)13-11(3)7-5-4-6-8-11;1-4-11(7-5-6-8-11)13-10(12)9(2)3;1-3-10(12)13-11(4-2)8-6-5-7-9-11;1-2-6(11)14-8-5-3-4-7(13-5)9(8)15-10(4)12;1-6(2)8(11)13-7-5-10(3,4)14-9(7)12;1-8(2)9(11)12-10(3)6-4-5-7-10;1-3(2)4(5)6/h1,4-8H2,2-3H3;2,4-8H2,1,3H3;3H,1,4-9H2,2H3;2,4-5,7-9H,1,3H2;7H,1,5H2,2-4H3;1,4-7H2,2-3H3;1H2,2H3,(H,5,6). The van der Waals surface area contributed by atoms with Gasteiger partial charge in [-0.15, -0.1) is 0 Å².